The van der Waals surface area contributed by atoms with E-state index in [1.54, 1.807) is 42.5 Å². The highest BCUT2D eigenvalue weighted by Crippen LogP contribution is 2.24. The monoisotopic (exact) mass is 496 g/mol. The molecule has 4 rings (SSSR count). The number of benzene rings is 3. The topological polar surface area (TPSA) is 104 Å². The van der Waals surface area contributed by atoms with Gasteiger partial charge in [-0.3, -0.25) is 9.59 Å². The minimum absolute atomic E-state index is 0.134. The second-order valence-corrected chi connectivity index (χ2v) is 10.3. The SMILES string of the molecule is COC(=O)Cn1c(=NC(=O)c2cccc(Oc3ccccc3)c2)sc2cc(S(C)(=O)=O)ccc21. The van der Waals surface area contributed by atoms with Gasteiger partial charge in [0, 0.05) is 11.8 Å². The van der Waals surface area contributed by atoms with Gasteiger partial charge in [-0.15, -0.1) is 0 Å². The summed E-state index contributed by atoms with van der Waals surface area (Å²) in [4.78, 5) is 29.6. The molecule has 0 unspecified atom stereocenters. The molecule has 1 aromatic heterocycles. The lowest BCUT2D eigenvalue weighted by molar-refractivity contribution is -0.141. The van der Waals surface area contributed by atoms with Gasteiger partial charge in [-0.1, -0.05) is 35.6 Å². The fraction of sp³-hybridized carbons (Fsp3) is 0.125. The summed E-state index contributed by atoms with van der Waals surface area (Å²) in [5.41, 5.74) is 0.864. The molecule has 0 aliphatic heterocycles. The third kappa shape index (κ3) is 5.24. The van der Waals surface area contributed by atoms with Crippen LogP contribution >= 0.6 is 11.3 Å². The molecule has 174 valence electrons. The lowest BCUT2D eigenvalue weighted by atomic mass is 10.2. The number of para-hydroxylation sites is 1. The van der Waals surface area contributed by atoms with Crippen molar-refractivity contribution in [1.29, 1.82) is 0 Å². The summed E-state index contributed by atoms with van der Waals surface area (Å²) >= 11 is 1.11. The molecule has 8 nitrogen and oxygen atoms in total. The molecule has 3 aromatic carbocycles. The van der Waals surface area contributed by atoms with Gasteiger partial charge in [0.25, 0.3) is 5.91 Å². The first-order valence-corrected chi connectivity index (χ1v) is 12.8. The van der Waals surface area contributed by atoms with Crippen molar-refractivity contribution in [2.24, 2.45) is 4.99 Å². The maximum Gasteiger partial charge on any atom is 0.325 e. The summed E-state index contributed by atoms with van der Waals surface area (Å²) in [7, 11) is -2.16. The first-order chi connectivity index (χ1) is 16.2. The molecule has 0 spiro atoms. The van der Waals surface area contributed by atoms with Crippen LogP contribution in [0.5, 0.6) is 11.5 Å². The van der Waals surface area contributed by atoms with Crippen molar-refractivity contribution in [2.75, 3.05) is 13.4 Å². The molecule has 0 saturated carbocycles. The minimum Gasteiger partial charge on any atom is -0.468 e. The number of carbonyl (C=O) groups is 2. The number of sulfone groups is 1. The Hall–Kier alpha value is -3.76. The Balaban J connectivity index is 1.75. The molecule has 0 fully saturated rings. The predicted octanol–water partition coefficient (Wildman–Crippen LogP) is 3.81. The number of ether oxygens (including phenoxy) is 2. The Bertz CT molecular complexity index is 1550. The number of aromatic nitrogens is 1. The zero-order valence-electron chi connectivity index (χ0n) is 18.3. The average molecular weight is 497 g/mol. The van der Waals surface area contributed by atoms with Crippen LogP contribution in [0.4, 0.5) is 0 Å². The van der Waals surface area contributed by atoms with Gasteiger partial charge in [-0.2, -0.15) is 4.99 Å². The molecule has 10 heteroatoms. The highest BCUT2D eigenvalue weighted by molar-refractivity contribution is 7.90. The van der Waals surface area contributed by atoms with Crippen LogP contribution in [0.25, 0.3) is 10.2 Å². The van der Waals surface area contributed by atoms with Crippen LogP contribution < -0.4 is 9.54 Å². The van der Waals surface area contributed by atoms with Crippen molar-refractivity contribution in [1.82, 2.24) is 4.57 Å². The van der Waals surface area contributed by atoms with Gasteiger partial charge in [0.1, 0.15) is 18.0 Å². The van der Waals surface area contributed by atoms with Gasteiger partial charge in [0.2, 0.25) is 0 Å². The quantitative estimate of drug-likeness (QED) is 0.376. The number of fused-ring (bicyclic) bond motifs is 1. The molecule has 0 aliphatic carbocycles. The largest absolute Gasteiger partial charge is 0.468 e. The van der Waals surface area contributed by atoms with Crippen LogP contribution in [0, 0.1) is 0 Å². The van der Waals surface area contributed by atoms with Gasteiger partial charge >= 0.3 is 5.97 Å². The molecule has 34 heavy (non-hydrogen) atoms. The number of methoxy groups -OCH3 is 1. The molecular formula is C24H20N2O6S2. The molecule has 0 atom stereocenters. The van der Waals surface area contributed by atoms with Crippen molar-refractivity contribution in [3.05, 3.63) is 83.2 Å². The van der Waals surface area contributed by atoms with E-state index in [0.717, 1.165) is 17.6 Å². The Kier molecular flexibility index (Phi) is 6.62. The summed E-state index contributed by atoms with van der Waals surface area (Å²) in [6.07, 6.45) is 1.11. The maximum absolute atomic E-state index is 13.0. The summed E-state index contributed by atoms with van der Waals surface area (Å²) in [5, 5.41) is 0. The zero-order chi connectivity index (χ0) is 24.3. The lowest BCUT2D eigenvalue weighted by Gasteiger charge is -2.06. The number of rotatable bonds is 6. The van der Waals surface area contributed by atoms with Crippen molar-refractivity contribution in [3.63, 3.8) is 0 Å². The smallest absolute Gasteiger partial charge is 0.325 e. The molecule has 0 aliphatic rings. The Labute approximate surface area is 199 Å². The van der Waals surface area contributed by atoms with E-state index in [-0.39, 0.29) is 16.2 Å². The number of amides is 1. The third-order valence-electron chi connectivity index (χ3n) is 4.85. The summed E-state index contributed by atoms with van der Waals surface area (Å²) in [6, 6.07) is 20.3. The second kappa shape index (κ2) is 9.62. The standard InChI is InChI=1S/C24H20N2O6S2/c1-31-22(27)15-26-20-12-11-19(34(2,29)30)14-21(20)33-24(26)25-23(28)16-7-6-10-18(13-16)32-17-8-4-3-5-9-17/h3-14H,15H2,1-2H3. The van der Waals surface area contributed by atoms with E-state index in [1.807, 2.05) is 18.2 Å². The van der Waals surface area contributed by atoms with E-state index in [2.05, 4.69) is 4.99 Å². The predicted molar refractivity (Wildman–Crippen MR) is 128 cm³/mol. The Morgan fingerprint density at radius 2 is 1.71 bits per heavy atom. The average Bonchev–Trinajstić information content (AvgIpc) is 3.15. The van der Waals surface area contributed by atoms with Gasteiger partial charge < -0.3 is 14.0 Å². The van der Waals surface area contributed by atoms with E-state index in [0.29, 0.717) is 27.3 Å². The summed E-state index contributed by atoms with van der Waals surface area (Å²) in [6.45, 7) is -0.183. The van der Waals surface area contributed by atoms with Crippen molar-refractivity contribution >= 4 is 43.3 Å². The van der Waals surface area contributed by atoms with Crippen LogP contribution in [0.1, 0.15) is 10.4 Å². The van der Waals surface area contributed by atoms with Gasteiger partial charge in [-0.25, -0.2) is 8.42 Å². The zero-order valence-corrected chi connectivity index (χ0v) is 19.9. The number of nitrogens with zero attached hydrogens (tertiary/aromatic N) is 2. The maximum atomic E-state index is 13.0. The number of hydrogen-bond donors (Lipinski definition) is 0. The fourth-order valence-electron chi connectivity index (χ4n) is 3.18. The third-order valence-corrected chi connectivity index (χ3v) is 7.01. The molecule has 0 bridgehead atoms. The van der Waals surface area contributed by atoms with E-state index < -0.39 is 21.7 Å². The van der Waals surface area contributed by atoms with E-state index in [4.69, 9.17) is 9.47 Å². The lowest BCUT2D eigenvalue weighted by Crippen LogP contribution is -2.22. The number of esters is 1. The van der Waals surface area contributed by atoms with Crippen LogP contribution in [0.3, 0.4) is 0 Å². The van der Waals surface area contributed by atoms with Gasteiger partial charge in [0.05, 0.1) is 22.2 Å². The van der Waals surface area contributed by atoms with E-state index in [9.17, 15) is 18.0 Å². The van der Waals surface area contributed by atoms with Crippen LogP contribution in [0.15, 0.2) is 82.7 Å². The fourth-order valence-corrected chi connectivity index (χ4v) is 4.97. The van der Waals surface area contributed by atoms with Crippen LogP contribution in [-0.2, 0) is 25.9 Å². The van der Waals surface area contributed by atoms with E-state index in [1.165, 1.54) is 23.8 Å². The Morgan fingerprint density at radius 3 is 2.41 bits per heavy atom. The molecule has 1 heterocycles. The molecule has 0 radical (unpaired) electrons. The molecule has 4 aromatic rings. The first kappa shape index (κ1) is 23.4. The highest BCUT2D eigenvalue weighted by atomic mass is 32.2. The van der Waals surface area contributed by atoms with Crippen molar-refractivity contribution in [3.8, 4) is 11.5 Å². The Morgan fingerprint density at radius 1 is 0.971 bits per heavy atom. The first-order valence-electron chi connectivity index (χ1n) is 10.1. The summed E-state index contributed by atoms with van der Waals surface area (Å²) < 4.78 is 36.6. The molecule has 0 N–H and O–H groups in total. The van der Waals surface area contributed by atoms with Crippen LogP contribution in [0.2, 0.25) is 0 Å². The highest BCUT2D eigenvalue weighted by Gasteiger charge is 2.16. The van der Waals surface area contributed by atoms with Gasteiger partial charge in [0.15, 0.2) is 14.6 Å². The normalized spacial score (nSPS) is 12.0. The van der Waals surface area contributed by atoms with Crippen molar-refractivity contribution < 1.29 is 27.5 Å². The van der Waals surface area contributed by atoms with Crippen LogP contribution in [-0.4, -0.2) is 38.2 Å². The molecular weight excluding hydrogens is 476 g/mol. The number of carbonyl (C=O) groups excluding carboxylic acids is 2. The minimum atomic E-state index is -3.43. The van der Waals surface area contributed by atoms with E-state index >= 15 is 0 Å². The van der Waals surface area contributed by atoms with Crippen molar-refractivity contribution in [2.45, 2.75) is 11.4 Å². The van der Waals surface area contributed by atoms with Gasteiger partial charge in [-0.05, 0) is 48.5 Å². The number of hydrogen-bond acceptors (Lipinski definition) is 7. The number of thiazole rings is 1. The summed E-state index contributed by atoms with van der Waals surface area (Å²) in [5.74, 6) is 0.0426. The molecule has 0 saturated heterocycles. The molecule has 1 amide bonds. The second-order valence-electron chi connectivity index (χ2n) is 7.31.